The van der Waals surface area contributed by atoms with Crippen molar-refractivity contribution in [1.82, 2.24) is 15.5 Å². The van der Waals surface area contributed by atoms with Crippen molar-refractivity contribution in [3.05, 3.63) is 34.6 Å². The number of rotatable bonds is 5. The van der Waals surface area contributed by atoms with Crippen LogP contribution in [0.1, 0.15) is 25.2 Å². The Morgan fingerprint density at radius 3 is 2.76 bits per heavy atom. The van der Waals surface area contributed by atoms with Crippen molar-refractivity contribution in [1.29, 1.82) is 0 Å². The summed E-state index contributed by atoms with van der Waals surface area (Å²) < 4.78 is 6.46. The van der Waals surface area contributed by atoms with Crippen molar-refractivity contribution in [2.45, 2.75) is 31.3 Å². The number of carboxylic acid groups (broad SMARTS) is 1. The molecule has 6 nitrogen and oxygen atoms in total. The van der Waals surface area contributed by atoms with Crippen LogP contribution in [0, 0.1) is 0 Å². The second-order valence-electron chi connectivity index (χ2n) is 5.08. The molecule has 1 heterocycles. The predicted octanol–water partition coefficient (Wildman–Crippen LogP) is 2.60. The summed E-state index contributed by atoms with van der Waals surface area (Å²) in [6.45, 7) is 0.254. The zero-order valence-electron chi connectivity index (χ0n) is 11.2. The molecule has 0 amide bonds. The van der Waals surface area contributed by atoms with Gasteiger partial charge in [0.15, 0.2) is 0 Å². The first-order valence-electron chi connectivity index (χ1n) is 6.66. The average molecular weight is 352 g/mol. The Balaban J connectivity index is 1.71. The van der Waals surface area contributed by atoms with Gasteiger partial charge in [-0.15, -0.1) is 10.2 Å². The minimum absolute atomic E-state index is 0.254. The number of benzene rings is 1. The first-order valence-corrected chi connectivity index (χ1v) is 7.46. The molecule has 110 valence electrons. The van der Waals surface area contributed by atoms with Crippen LogP contribution in [0.5, 0.6) is 0 Å². The average Bonchev–Trinajstić information content (AvgIpc) is 2.86. The van der Waals surface area contributed by atoms with E-state index in [-0.39, 0.29) is 6.54 Å². The van der Waals surface area contributed by atoms with E-state index in [4.69, 9.17) is 4.42 Å². The van der Waals surface area contributed by atoms with Gasteiger partial charge < -0.3 is 9.52 Å². The fourth-order valence-electron chi connectivity index (χ4n) is 2.31. The van der Waals surface area contributed by atoms with E-state index in [9.17, 15) is 9.90 Å². The molecule has 0 spiro atoms. The summed E-state index contributed by atoms with van der Waals surface area (Å²) in [5.41, 5.74) is -0.0186. The van der Waals surface area contributed by atoms with Gasteiger partial charge in [0.1, 0.15) is 5.54 Å². The summed E-state index contributed by atoms with van der Waals surface area (Å²) >= 11 is 3.43. The number of nitrogens with one attached hydrogen (secondary N) is 1. The molecule has 0 aliphatic heterocycles. The number of hydrogen-bond donors (Lipinski definition) is 2. The van der Waals surface area contributed by atoms with Crippen LogP contribution < -0.4 is 5.32 Å². The Bertz CT molecular complexity index is 667. The zero-order chi connectivity index (χ0) is 14.9. The van der Waals surface area contributed by atoms with Crippen LogP contribution in [-0.2, 0) is 11.3 Å². The van der Waals surface area contributed by atoms with Crippen molar-refractivity contribution in [3.8, 4) is 11.5 Å². The van der Waals surface area contributed by atoms with Crippen LogP contribution in [0.2, 0.25) is 0 Å². The first kappa shape index (κ1) is 14.2. The summed E-state index contributed by atoms with van der Waals surface area (Å²) in [5.74, 6) is -0.0233. The highest BCUT2D eigenvalue weighted by atomic mass is 79.9. The maximum atomic E-state index is 11.3. The van der Waals surface area contributed by atoms with Gasteiger partial charge in [-0.05, 0) is 47.3 Å². The number of nitrogens with zero attached hydrogens (tertiary/aromatic N) is 2. The fraction of sp³-hybridized carbons (Fsp3) is 0.357. The van der Waals surface area contributed by atoms with Gasteiger partial charge in [0, 0.05) is 4.47 Å². The highest BCUT2D eigenvalue weighted by Gasteiger charge is 2.44. The van der Waals surface area contributed by atoms with Crippen molar-refractivity contribution in [3.63, 3.8) is 0 Å². The molecule has 0 saturated heterocycles. The Kier molecular flexibility index (Phi) is 3.77. The number of hydrogen-bond acceptors (Lipinski definition) is 5. The smallest absolute Gasteiger partial charge is 0.323 e. The maximum absolute atomic E-state index is 11.3. The molecular weight excluding hydrogens is 338 g/mol. The molecule has 1 aliphatic carbocycles. The van der Waals surface area contributed by atoms with E-state index in [0.29, 0.717) is 24.6 Å². The Morgan fingerprint density at radius 1 is 1.38 bits per heavy atom. The topological polar surface area (TPSA) is 88.2 Å². The molecule has 0 atom stereocenters. The van der Waals surface area contributed by atoms with Crippen molar-refractivity contribution >= 4 is 21.9 Å². The predicted molar refractivity (Wildman–Crippen MR) is 78.5 cm³/mol. The maximum Gasteiger partial charge on any atom is 0.323 e. The molecule has 0 unspecified atom stereocenters. The summed E-state index contributed by atoms with van der Waals surface area (Å²) in [7, 11) is 0. The standard InChI is InChI=1S/C14H14BrN3O3/c15-10-5-2-1-4-9(10)12-18-17-11(21-12)8-16-14(13(19)20)6-3-7-14/h1-2,4-5,16H,3,6-8H2,(H,19,20). The Labute approximate surface area is 129 Å². The van der Waals surface area contributed by atoms with Crippen molar-refractivity contribution in [2.75, 3.05) is 0 Å². The molecule has 0 bridgehead atoms. The van der Waals surface area contributed by atoms with E-state index in [2.05, 4.69) is 31.4 Å². The Morgan fingerprint density at radius 2 is 2.14 bits per heavy atom. The molecule has 1 fully saturated rings. The van der Waals surface area contributed by atoms with E-state index in [1.165, 1.54) is 0 Å². The second kappa shape index (κ2) is 5.57. The third-order valence-corrected chi connectivity index (χ3v) is 4.46. The van der Waals surface area contributed by atoms with Crippen LogP contribution >= 0.6 is 15.9 Å². The summed E-state index contributed by atoms with van der Waals surface area (Å²) in [4.78, 5) is 11.3. The number of aromatic nitrogens is 2. The molecule has 1 aromatic carbocycles. The highest BCUT2D eigenvalue weighted by molar-refractivity contribution is 9.10. The van der Waals surface area contributed by atoms with E-state index in [1.807, 2.05) is 24.3 Å². The quantitative estimate of drug-likeness (QED) is 0.860. The molecule has 7 heteroatoms. The minimum Gasteiger partial charge on any atom is -0.480 e. The first-order chi connectivity index (χ1) is 10.1. The van der Waals surface area contributed by atoms with Crippen LogP contribution in [0.15, 0.2) is 33.2 Å². The summed E-state index contributed by atoms with van der Waals surface area (Å²) in [5, 5.41) is 20.2. The fourth-order valence-corrected chi connectivity index (χ4v) is 2.76. The van der Waals surface area contributed by atoms with Crippen molar-refractivity contribution < 1.29 is 14.3 Å². The highest BCUT2D eigenvalue weighted by Crippen LogP contribution is 2.32. The summed E-state index contributed by atoms with van der Waals surface area (Å²) in [6.07, 6.45) is 2.19. The van der Waals surface area contributed by atoms with E-state index >= 15 is 0 Å². The van der Waals surface area contributed by atoms with E-state index in [0.717, 1.165) is 16.5 Å². The zero-order valence-corrected chi connectivity index (χ0v) is 12.8. The van der Waals surface area contributed by atoms with Gasteiger partial charge in [-0.3, -0.25) is 10.1 Å². The molecule has 1 aromatic heterocycles. The largest absolute Gasteiger partial charge is 0.480 e. The lowest BCUT2D eigenvalue weighted by Crippen LogP contribution is -2.56. The van der Waals surface area contributed by atoms with Gasteiger partial charge in [0.2, 0.25) is 11.8 Å². The normalized spacial score (nSPS) is 16.4. The van der Waals surface area contributed by atoms with Gasteiger partial charge in [-0.25, -0.2) is 0 Å². The number of carboxylic acids is 1. The molecule has 1 saturated carbocycles. The monoisotopic (exact) mass is 351 g/mol. The Hall–Kier alpha value is -1.73. The molecule has 21 heavy (non-hydrogen) atoms. The molecular formula is C14H14BrN3O3. The van der Waals surface area contributed by atoms with Crippen LogP contribution in [0.25, 0.3) is 11.5 Å². The van der Waals surface area contributed by atoms with Gasteiger partial charge in [0.05, 0.1) is 12.1 Å². The van der Waals surface area contributed by atoms with Gasteiger partial charge >= 0.3 is 5.97 Å². The van der Waals surface area contributed by atoms with Crippen LogP contribution in [-0.4, -0.2) is 26.8 Å². The molecule has 2 aromatic rings. The lowest BCUT2D eigenvalue weighted by molar-refractivity contribution is -0.149. The van der Waals surface area contributed by atoms with Crippen LogP contribution in [0.3, 0.4) is 0 Å². The van der Waals surface area contributed by atoms with E-state index < -0.39 is 11.5 Å². The molecule has 2 N–H and O–H groups in total. The second-order valence-corrected chi connectivity index (χ2v) is 5.93. The molecule has 3 rings (SSSR count). The third kappa shape index (κ3) is 2.71. The third-order valence-electron chi connectivity index (χ3n) is 3.77. The van der Waals surface area contributed by atoms with Gasteiger partial charge in [-0.2, -0.15) is 0 Å². The van der Waals surface area contributed by atoms with Crippen molar-refractivity contribution in [2.24, 2.45) is 0 Å². The number of halogens is 1. The number of carbonyl (C=O) groups is 1. The van der Waals surface area contributed by atoms with Gasteiger partial charge in [0.25, 0.3) is 0 Å². The minimum atomic E-state index is -0.831. The molecule has 1 aliphatic rings. The lowest BCUT2D eigenvalue weighted by atomic mass is 9.77. The van der Waals surface area contributed by atoms with E-state index in [1.54, 1.807) is 0 Å². The summed E-state index contributed by atoms with van der Waals surface area (Å²) in [6, 6.07) is 7.56. The lowest BCUT2D eigenvalue weighted by Gasteiger charge is -2.38. The van der Waals surface area contributed by atoms with Crippen LogP contribution in [0.4, 0.5) is 0 Å². The SMILES string of the molecule is O=C(O)C1(NCc2nnc(-c3ccccc3Br)o2)CCC1. The molecule has 0 radical (unpaired) electrons. The van der Waals surface area contributed by atoms with Gasteiger partial charge in [-0.1, -0.05) is 12.1 Å². The number of aliphatic carboxylic acids is 1.